The van der Waals surface area contributed by atoms with Crippen LogP contribution in [0.5, 0.6) is 11.5 Å². The largest absolute Gasteiger partial charge is 0.497 e. The molecule has 5 nitrogen and oxygen atoms in total. The third kappa shape index (κ3) is 4.09. The molecule has 0 aromatic heterocycles. The third-order valence-corrected chi connectivity index (χ3v) is 2.43. The molecule has 1 unspecified atom stereocenters. The van der Waals surface area contributed by atoms with E-state index in [0.29, 0.717) is 17.9 Å². The van der Waals surface area contributed by atoms with Crippen LogP contribution in [0.25, 0.3) is 0 Å². The molecule has 0 aliphatic heterocycles. The monoisotopic (exact) mass is 275 g/mol. The SMILES string of the molecule is COC(=O)C(N)Cc1cc(OC)ccc1OC.Cl. The van der Waals surface area contributed by atoms with E-state index in [0.717, 1.165) is 5.56 Å². The zero-order valence-corrected chi connectivity index (χ0v) is 11.5. The molecule has 0 heterocycles. The Kier molecular flexibility index (Phi) is 7.16. The molecule has 0 radical (unpaired) electrons. The van der Waals surface area contributed by atoms with Crippen LogP contribution in [-0.2, 0) is 16.0 Å². The first-order valence-corrected chi connectivity index (χ1v) is 5.16. The fourth-order valence-corrected chi connectivity index (χ4v) is 1.51. The fourth-order valence-electron chi connectivity index (χ4n) is 1.51. The number of ether oxygens (including phenoxy) is 3. The molecule has 18 heavy (non-hydrogen) atoms. The molecule has 1 aromatic carbocycles. The van der Waals surface area contributed by atoms with Crippen molar-refractivity contribution in [1.82, 2.24) is 0 Å². The van der Waals surface area contributed by atoms with Crippen LogP contribution in [0.4, 0.5) is 0 Å². The molecule has 0 saturated heterocycles. The van der Waals surface area contributed by atoms with E-state index >= 15 is 0 Å². The molecule has 1 rings (SSSR count). The van der Waals surface area contributed by atoms with Crippen molar-refractivity contribution in [2.45, 2.75) is 12.5 Å². The summed E-state index contributed by atoms with van der Waals surface area (Å²) in [6.07, 6.45) is 0.340. The van der Waals surface area contributed by atoms with E-state index in [4.69, 9.17) is 15.2 Å². The predicted octanol–water partition coefficient (Wildman–Crippen LogP) is 1.17. The highest BCUT2D eigenvalue weighted by Gasteiger charge is 2.17. The van der Waals surface area contributed by atoms with Crippen LogP contribution in [0.3, 0.4) is 0 Å². The summed E-state index contributed by atoms with van der Waals surface area (Å²) in [5.41, 5.74) is 6.51. The predicted molar refractivity (Wildman–Crippen MR) is 70.5 cm³/mol. The van der Waals surface area contributed by atoms with E-state index in [9.17, 15) is 4.79 Å². The first kappa shape index (κ1) is 16.5. The highest BCUT2D eigenvalue weighted by atomic mass is 35.5. The van der Waals surface area contributed by atoms with Crippen LogP contribution >= 0.6 is 12.4 Å². The molecule has 0 spiro atoms. The second kappa shape index (κ2) is 7.79. The van der Waals surface area contributed by atoms with Crippen molar-refractivity contribution < 1.29 is 19.0 Å². The Morgan fingerprint density at radius 1 is 1.28 bits per heavy atom. The lowest BCUT2D eigenvalue weighted by Gasteiger charge is -2.13. The molecule has 102 valence electrons. The van der Waals surface area contributed by atoms with Crippen LogP contribution in [0.2, 0.25) is 0 Å². The Morgan fingerprint density at radius 3 is 2.44 bits per heavy atom. The van der Waals surface area contributed by atoms with Crippen molar-refractivity contribution in [2.24, 2.45) is 5.73 Å². The Bertz CT molecular complexity index is 398. The van der Waals surface area contributed by atoms with Crippen molar-refractivity contribution in [3.8, 4) is 11.5 Å². The highest BCUT2D eigenvalue weighted by molar-refractivity contribution is 5.85. The summed E-state index contributed by atoms with van der Waals surface area (Å²) in [5, 5.41) is 0. The van der Waals surface area contributed by atoms with Gasteiger partial charge in [0.1, 0.15) is 17.5 Å². The molecular formula is C12H18ClNO4. The molecule has 0 fully saturated rings. The molecule has 0 aliphatic carbocycles. The van der Waals surface area contributed by atoms with Crippen molar-refractivity contribution in [3.05, 3.63) is 23.8 Å². The van der Waals surface area contributed by atoms with Crippen molar-refractivity contribution in [2.75, 3.05) is 21.3 Å². The molecule has 1 aromatic rings. The van der Waals surface area contributed by atoms with E-state index in [2.05, 4.69) is 4.74 Å². The van der Waals surface area contributed by atoms with Gasteiger partial charge in [0.2, 0.25) is 0 Å². The molecule has 0 amide bonds. The summed E-state index contributed by atoms with van der Waals surface area (Å²) in [6, 6.07) is 4.65. The zero-order valence-electron chi connectivity index (χ0n) is 10.6. The topological polar surface area (TPSA) is 70.8 Å². The van der Waals surface area contributed by atoms with Gasteiger partial charge in [0.25, 0.3) is 0 Å². The quantitative estimate of drug-likeness (QED) is 0.817. The number of hydrogen-bond acceptors (Lipinski definition) is 5. The first-order valence-electron chi connectivity index (χ1n) is 5.16. The number of rotatable bonds is 5. The summed E-state index contributed by atoms with van der Waals surface area (Å²) >= 11 is 0. The highest BCUT2D eigenvalue weighted by Crippen LogP contribution is 2.24. The van der Waals surface area contributed by atoms with Gasteiger partial charge < -0.3 is 19.9 Å². The van der Waals surface area contributed by atoms with E-state index < -0.39 is 12.0 Å². The lowest BCUT2D eigenvalue weighted by Crippen LogP contribution is -2.33. The van der Waals surface area contributed by atoms with Gasteiger partial charge in [0.05, 0.1) is 21.3 Å². The van der Waals surface area contributed by atoms with Gasteiger partial charge in [-0.3, -0.25) is 4.79 Å². The molecule has 1 atom stereocenters. The maximum absolute atomic E-state index is 11.3. The molecular weight excluding hydrogens is 258 g/mol. The number of hydrogen-bond donors (Lipinski definition) is 1. The minimum atomic E-state index is -0.707. The van der Waals surface area contributed by atoms with Gasteiger partial charge in [-0.2, -0.15) is 0 Å². The number of methoxy groups -OCH3 is 3. The van der Waals surface area contributed by atoms with Gasteiger partial charge in [0.15, 0.2) is 0 Å². The lowest BCUT2D eigenvalue weighted by molar-refractivity contribution is -0.142. The number of halogens is 1. The van der Waals surface area contributed by atoms with Crippen LogP contribution in [0, 0.1) is 0 Å². The number of nitrogens with two attached hydrogens (primary N) is 1. The van der Waals surface area contributed by atoms with Crippen molar-refractivity contribution in [3.63, 3.8) is 0 Å². The average molecular weight is 276 g/mol. The maximum Gasteiger partial charge on any atom is 0.322 e. The summed E-state index contributed by atoms with van der Waals surface area (Å²) in [7, 11) is 4.45. The number of carbonyl (C=O) groups is 1. The molecule has 0 bridgehead atoms. The Morgan fingerprint density at radius 2 is 1.94 bits per heavy atom. The molecule has 2 N–H and O–H groups in total. The number of carbonyl (C=O) groups excluding carboxylic acids is 1. The third-order valence-electron chi connectivity index (χ3n) is 2.43. The van der Waals surface area contributed by atoms with Crippen molar-refractivity contribution >= 4 is 18.4 Å². The molecule has 0 aliphatic rings. The summed E-state index contributed by atoms with van der Waals surface area (Å²) in [4.78, 5) is 11.3. The summed E-state index contributed by atoms with van der Waals surface area (Å²) < 4.78 is 14.9. The standard InChI is InChI=1S/C12H17NO4.ClH/c1-15-9-4-5-11(16-2)8(6-9)7-10(13)12(14)17-3;/h4-6,10H,7,13H2,1-3H3;1H. The van der Waals surface area contributed by atoms with Gasteiger partial charge in [-0.15, -0.1) is 12.4 Å². The first-order chi connectivity index (χ1) is 8.12. The summed E-state index contributed by atoms with van der Waals surface area (Å²) in [6.45, 7) is 0. The van der Waals surface area contributed by atoms with E-state index in [1.54, 1.807) is 32.4 Å². The lowest BCUT2D eigenvalue weighted by atomic mass is 10.1. The summed E-state index contributed by atoms with van der Waals surface area (Å²) in [5.74, 6) is 0.915. The van der Waals surface area contributed by atoms with Crippen LogP contribution in [0.15, 0.2) is 18.2 Å². The Balaban J connectivity index is 0.00000289. The average Bonchev–Trinajstić information content (AvgIpc) is 2.37. The van der Waals surface area contributed by atoms with E-state index in [1.807, 2.05) is 0 Å². The van der Waals surface area contributed by atoms with Gasteiger partial charge in [-0.25, -0.2) is 0 Å². The van der Waals surface area contributed by atoms with Gasteiger partial charge in [0, 0.05) is 6.42 Å². The number of benzene rings is 1. The molecule has 6 heteroatoms. The van der Waals surface area contributed by atoms with Gasteiger partial charge in [-0.1, -0.05) is 0 Å². The fraction of sp³-hybridized carbons (Fsp3) is 0.417. The van der Waals surface area contributed by atoms with Crippen LogP contribution in [0.1, 0.15) is 5.56 Å². The second-order valence-electron chi connectivity index (χ2n) is 3.51. The van der Waals surface area contributed by atoms with Crippen molar-refractivity contribution in [1.29, 1.82) is 0 Å². The molecule has 0 saturated carbocycles. The zero-order chi connectivity index (χ0) is 12.8. The maximum atomic E-state index is 11.3. The van der Waals surface area contributed by atoms with Crippen LogP contribution < -0.4 is 15.2 Å². The minimum Gasteiger partial charge on any atom is -0.497 e. The second-order valence-corrected chi connectivity index (χ2v) is 3.51. The minimum absolute atomic E-state index is 0. The Hall–Kier alpha value is -1.46. The van der Waals surface area contributed by atoms with Gasteiger partial charge in [-0.05, 0) is 23.8 Å². The van der Waals surface area contributed by atoms with E-state index in [1.165, 1.54) is 7.11 Å². The smallest absolute Gasteiger partial charge is 0.322 e. The Labute approximate surface area is 113 Å². The normalized spacial score (nSPS) is 11.1. The van der Waals surface area contributed by atoms with Gasteiger partial charge >= 0.3 is 5.97 Å². The van der Waals surface area contributed by atoms with Crippen LogP contribution in [-0.4, -0.2) is 33.3 Å². The number of esters is 1. The van der Waals surface area contributed by atoms with E-state index in [-0.39, 0.29) is 12.4 Å².